The van der Waals surface area contributed by atoms with Crippen molar-refractivity contribution in [2.45, 2.75) is 39.5 Å². The van der Waals surface area contributed by atoms with Gasteiger partial charge in [-0.15, -0.1) is 0 Å². The van der Waals surface area contributed by atoms with Gasteiger partial charge in [0.2, 0.25) is 5.91 Å². The van der Waals surface area contributed by atoms with Gasteiger partial charge in [0.25, 0.3) is 0 Å². The maximum Gasteiger partial charge on any atom is 0.227 e. The number of carbonyl (C=O) groups excluding carboxylic acids is 1. The summed E-state index contributed by atoms with van der Waals surface area (Å²) in [5.41, 5.74) is 1.37. The molecule has 3 rings (SSSR count). The van der Waals surface area contributed by atoms with Crippen LogP contribution in [0.2, 0.25) is 0 Å². The smallest absolute Gasteiger partial charge is 0.227 e. The van der Waals surface area contributed by atoms with Crippen LogP contribution in [0.4, 0.5) is 4.39 Å². The second-order valence-corrected chi connectivity index (χ2v) is 7.65. The summed E-state index contributed by atoms with van der Waals surface area (Å²) in [6.07, 6.45) is 3.72. The van der Waals surface area contributed by atoms with Crippen LogP contribution in [0.1, 0.15) is 45.2 Å². The van der Waals surface area contributed by atoms with Crippen molar-refractivity contribution >= 4 is 5.91 Å². The highest BCUT2D eigenvalue weighted by atomic mass is 19.1. The maximum absolute atomic E-state index is 13.1. The van der Waals surface area contributed by atoms with Crippen LogP contribution in [-0.4, -0.2) is 33.9 Å². The van der Waals surface area contributed by atoms with Crippen molar-refractivity contribution < 1.29 is 9.18 Å². The van der Waals surface area contributed by atoms with E-state index in [1.807, 2.05) is 31.7 Å². The van der Waals surface area contributed by atoms with Gasteiger partial charge in [0.1, 0.15) is 5.82 Å². The SMILES string of the molecule is CC(C)(C)C(=O)N1CCCC(c2ccnc(-c3ccc(F)cc3)n2)C1. The number of nitrogens with zero attached hydrogens (tertiary/aromatic N) is 3. The summed E-state index contributed by atoms with van der Waals surface area (Å²) < 4.78 is 13.1. The third-order valence-electron chi connectivity index (χ3n) is 4.55. The Labute approximate surface area is 148 Å². The molecule has 0 aliphatic carbocycles. The summed E-state index contributed by atoms with van der Waals surface area (Å²) >= 11 is 0. The zero-order valence-electron chi connectivity index (χ0n) is 15.0. The highest BCUT2D eigenvalue weighted by molar-refractivity contribution is 5.81. The number of amides is 1. The number of aromatic nitrogens is 2. The quantitative estimate of drug-likeness (QED) is 0.828. The molecule has 0 spiro atoms. The Balaban J connectivity index is 1.81. The van der Waals surface area contributed by atoms with Gasteiger partial charge in [0.05, 0.1) is 0 Å². The highest BCUT2D eigenvalue weighted by Gasteiger charge is 2.32. The zero-order chi connectivity index (χ0) is 18.0. The number of hydrogen-bond donors (Lipinski definition) is 0. The summed E-state index contributed by atoms with van der Waals surface area (Å²) in [5, 5.41) is 0. The molecule has 1 aromatic heterocycles. The molecule has 1 aliphatic heterocycles. The van der Waals surface area contributed by atoms with Crippen LogP contribution in [0.5, 0.6) is 0 Å². The van der Waals surface area contributed by atoms with Crippen molar-refractivity contribution in [1.82, 2.24) is 14.9 Å². The van der Waals surface area contributed by atoms with E-state index < -0.39 is 0 Å². The molecule has 2 aromatic rings. The van der Waals surface area contributed by atoms with E-state index in [4.69, 9.17) is 0 Å². The minimum Gasteiger partial charge on any atom is -0.342 e. The lowest BCUT2D eigenvalue weighted by molar-refractivity contribution is -0.140. The van der Waals surface area contributed by atoms with Crippen molar-refractivity contribution in [1.29, 1.82) is 0 Å². The van der Waals surface area contributed by atoms with E-state index in [1.165, 1.54) is 12.1 Å². The number of hydrogen-bond acceptors (Lipinski definition) is 3. The largest absolute Gasteiger partial charge is 0.342 e. The Morgan fingerprint density at radius 2 is 1.92 bits per heavy atom. The molecule has 0 saturated carbocycles. The molecular weight excluding hydrogens is 317 g/mol. The number of rotatable bonds is 2. The van der Waals surface area contributed by atoms with Gasteiger partial charge in [0.15, 0.2) is 5.82 Å². The van der Waals surface area contributed by atoms with Crippen LogP contribution < -0.4 is 0 Å². The van der Waals surface area contributed by atoms with E-state index in [1.54, 1.807) is 18.3 Å². The van der Waals surface area contributed by atoms with Gasteiger partial charge in [-0.2, -0.15) is 0 Å². The van der Waals surface area contributed by atoms with Crippen molar-refractivity contribution in [3.05, 3.63) is 48.0 Å². The molecule has 0 radical (unpaired) electrons. The third kappa shape index (κ3) is 4.03. The molecule has 132 valence electrons. The molecule has 5 heteroatoms. The summed E-state index contributed by atoms with van der Waals surface area (Å²) in [4.78, 5) is 23.5. The van der Waals surface area contributed by atoms with Crippen LogP contribution in [0.3, 0.4) is 0 Å². The lowest BCUT2D eigenvalue weighted by atomic mass is 9.90. The average molecular weight is 341 g/mol. The lowest BCUT2D eigenvalue weighted by Gasteiger charge is -2.36. The average Bonchev–Trinajstić information content (AvgIpc) is 2.61. The summed E-state index contributed by atoms with van der Waals surface area (Å²) in [6, 6.07) is 8.11. The van der Waals surface area contributed by atoms with Gasteiger partial charge >= 0.3 is 0 Å². The molecule has 1 amide bonds. The number of halogens is 1. The molecule has 25 heavy (non-hydrogen) atoms. The van der Waals surface area contributed by atoms with Gasteiger partial charge < -0.3 is 4.90 Å². The van der Waals surface area contributed by atoms with Crippen LogP contribution >= 0.6 is 0 Å². The first-order valence-corrected chi connectivity index (χ1v) is 8.73. The van der Waals surface area contributed by atoms with Crippen LogP contribution in [0.15, 0.2) is 36.5 Å². The van der Waals surface area contributed by atoms with E-state index in [2.05, 4.69) is 9.97 Å². The minimum absolute atomic E-state index is 0.185. The topological polar surface area (TPSA) is 46.1 Å². The van der Waals surface area contributed by atoms with Gasteiger partial charge in [-0.3, -0.25) is 4.79 Å². The molecular formula is C20H24FN3O. The Bertz CT molecular complexity index is 752. The second-order valence-electron chi connectivity index (χ2n) is 7.65. The Hall–Kier alpha value is -2.30. The Morgan fingerprint density at radius 3 is 2.60 bits per heavy atom. The molecule has 0 N–H and O–H groups in total. The highest BCUT2D eigenvalue weighted by Crippen LogP contribution is 2.29. The van der Waals surface area contributed by atoms with Crippen molar-refractivity contribution in [3.63, 3.8) is 0 Å². The van der Waals surface area contributed by atoms with Crippen molar-refractivity contribution in [3.8, 4) is 11.4 Å². The molecule has 0 bridgehead atoms. The number of carbonyl (C=O) groups is 1. The van der Waals surface area contributed by atoms with E-state index in [0.717, 1.165) is 30.6 Å². The summed E-state index contributed by atoms with van der Waals surface area (Å²) in [6.45, 7) is 7.36. The predicted molar refractivity (Wildman–Crippen MR) is 95.4 cm³/mol. The fraction of sp³-hybridized carbons (Fsp3) is 0.450. The maximum atomic E-state index is 13.1. The van der Waals surface area contributed by atoms with Gasteiger partial charge in [-0.1, -0.05) is 20.8 Å². The summed E-state index contributed by atoms with van der Waals surface area (Å²) in [5.74, 6) is 0.715. The van der Waals surface area contributed by atoms with Crippen LogP contribution in [-0.2, 0) is 4.79 Å². The molecule has 2 heterocycles. The predicted octanol–water partition coefficient (Wildman–Crippen LogP) is 4.03. The second kappa shape index (κ2) is 6.90. The van der Waals surface area contributed by atoms with Crippen LogP contribution in [0.25, 0.3) is 11.4 Å². The normalized spacial score (nSPS) is 18.2. The Morgan fingerprint density at radius 1 is 1.20 bits per heavy atom. The number of benzene rings is 1. The van der Waals surface area contributed by atoms with Gasteiger partial charge in [-0.25, -0.2) is 14.4 Å². The van der Waals surface area contributed by atoms with E-state index in [-0.39, 0.29) is 23.1 Å². The van der Waals surface area contributed by atoms with Gasteiger partial charge in [-0.05, 0) is 43.2 Å². The first-order valence-electron chi connectivity index (χ1n) is 8.73. The van der Waals surface area contributed by atoms with Gasteiger partial charge in [0, 0.05) is 41.9 Å². The first kappa shape index (κ1) is 17.5. The van der Waals surface area contributed by atoms with Crippen molar-refractivity contribution in [2.24, 2.45) is 5.41 Å². The molecule has 1 atom stereocenters. The number of likely N-dealkylation sites (tertiary alicyclic amines) is 1. The standard InChI is InChI=1S/C20H24FN3O/c1-20(2,3)19(25)24-12-4-5-15(13-24)17-10-11-22-18(23-17)14-6-8-16(21)9-7-14/h6-11,15H,4-5,12-13H2,1-3H3. The molecule has 1 fully saturated rings. The van der Waals surface area contributed by atoms with E-state index in [9.17, 15) is 9.18 Å². The van der Waals surface area contributed by atoms with Crippen molar-refractivity contribution in [2.75, 3.05) is 13.1 Å². The molecule has 1 aliphatic rings. The third-order valence-corrected chi connectivity index (χ3v) is 4.55. The fourth-order valence-electron chi connectivity index (χ4n) is 3.22. The van der Waals surface area contributed by atoms with E-state index >= 15 is 0 Å². The first-order chi connectivity index (χ1) is 11.8. The lowest BCUT2D eigenvalue weighted by Crippen LogP contribution is -2.44. The minimum atomic E-state index is -0.368. The zero-order valence-corrected chi connectivity index (χ0v) is 15.0. The Kier molecular flexibility index (Phi) is 4.84. The molecule has 1 saturated heterocycles. The monoisotopic (exact) mass is 341 g/mol. The number of piperidine rings is 1. The van der Waals surface area contributed by atoms with Crippen LogP contribution in [0, 0.1) is 11.2 Å². The molecule has 1 aromatic carbocycles. The molecule has 1 unspecified atom stereocenters. The fourth-order valence-corrected chi connectivity index (χ4v) is 3.22. The molecule has 4 nitrogen and oxygen atoms in total. The van der Waals surface area contributed by atoms with E-state index in [0.29, 0.717) is 12.4 Å². The summed E-state index contributed by atoms with van der Waals surface area (Å²) in [7, 11) is 0.